The molecule has 9 heteroatoms. The molecule has 0 bridgehead atoms. The third-order valence-electron chi connectivity index (χ3n) is 2.31. The summed E-state index contributed by atoms with van der Waals surface area (Å²) in [7, 11) is -3.62. The second kappa shape index (κ2) is 5.43. The van der Waals surface area contributed by atoms with Gasteiger partial charge in [-0.2, -0.15) is 0 Å². The smallest absolute Gasteiger partial charge is 0.242 e. The van der Waals surface area contributed by atoms with Crippen LogP contribution in [0, 0.1) is 0 Å². The minimum absolute atomic E-state index is 0.0482. The van der Waals surface area contributed by atoms with Crippen LogP contribution in [0.25, 0.3) is 0 Å². The van der Waals surface area contributed by atoms with Crippen molar-refractivity contribution in [3.63, 3.8) is 0 Å². The number of imidazole rings is 1. The largest absolute Gasteiger partial charge is 0.388 e. The molecule has 0 aliphatic carbocycles. The maximum Gasteiger partial charge on any atom is 0.242 e. The Labute approximate surface area is 115 Å². The van der Waals surface area contributed by atoms with Crippen LogP contribution in [0.3, 0.4) is 0 Å². The third-order valence-corrected chi connectivity index (χ3v) is 3.90. The van der Waals surface area contributed by atoms with Crippen LogP contribution < -0.4 is 10.5 Å². The topological polar surface area (TPSA) is 114 Å². The Morgan fingerprint density at radius 1 is 1.42 bits per heavy atom. The average Bonchev–Trinajstić information content (AvgIpc) is 2.90. The Morgan fingerprint density at radius 2 is 2.21 bits per heavy atom. The van der Waals surface area contributed by atoms with Gasteiger partial charge in [0.2, 0.25) is 10.0 Å². The van der Waals surface area contributed by atoms with E-state index >= 15 is 0 Å². The van der Waals surface area contributed by atoms with E-state index in [1.165, 1.54) is 30.9 Å². The molecule has 0 aliphatic heterocycles. The van der Waals surface area contributed by atoms with Crippen molar-refractivity contribution in [2.75, 3.05) is 0 Å². The van der Waals surface area contributed by atoms with Gasteiger partial charge in [0, 0.05) is 18.1 Å². The maximum atomic E-state index is 12.0. The van der Waals surface area contributed by atoms with Crippen LogP contribution >= 0.6 is 12.2 Å². The van der Waals surface area contributed by atoms with E-state index in [0.717, 1.165) is 0 Å². The predicted octanol–water partition coefficient (Wildman–Crippen LogP) is -0.0826. The van der Waals surface area contributed by atoms with Crippen molar-refractivity contribution >= 4 is 27.2 Å². The Bertz CT molecular complexity index is 664. The fourth-order valence-corrected chi connectivity index (χ4v) is 2.39. The molecule has 2 heterocycles. The quantitative estimate of drug-likeness (QED) is 0.665. The number of nitrogens with one attached hydrogen (secondary N) is 2. The summed E-state index contributed by atoms with van der Waals surface area (Å²) in [5, 5.41) is 0. The molecule has 2 rings (SSSR count). The average molecular weight is 297 g/mol. The Hall–Kier alpha value is -1.84. The number of H-pyrrole nitrogens is 1. The molecule has 0 spiro atoms. The summed E-state index contributed by atoms with van der Waals surface area (Å²) in [5.41, 5.74) is 6.43. The summed E-state index contributed by atoms with van der Waals surface area (Å²) in [4.78, 5) is 10.6. The highest BCUT2D eigenvalue weighted by atomic mass is 32.2. The molecule has 0 fully saturated rings. The highest BCUT2D eigenvalue weighted by Gasteiger charge is 2.14. The van der Waals surface area contributed by atoms with Gasteiger partial charge in [-0.25, -0.2) is 18.1 Å². The summed E-state index contributed by atoms with van der Waals surface area (Å²) in [6, 6.07) is 2.86. The first-order valence-corrected chi connectivity index (χ1v) is 7.11. The van der Waals surface area contributed by atoms with E-state index in [1.54, 1.807) is 0 Å². The van der Waals surface area contributed by atoms with Crippen LogP contribution in [0.15, 0.2) is 35.7 Å². The van der Waals surface area contributed by atoms with Gasteiger partial charge in [-0.15, -0.1) is 0 Å². The van der Waals surface area contributed by atoms with Crippen molar-refractivity contribution in [2.24, 2.45) is 5.73 Å². The zero-order valence-electron chi connectivity index (χ0n) is 9.70. The first-order valence-electron chi connectivity index (χ1n) is 5.22. The second-order valence-electron chi connectivity index (χ2n) is 3.64. The molecule has 4 N–H and O–H groups in total. The number of nitrogens with zero attached hydrogens (tertiary/aromatic N) is 2. The Morgan fingerprint density at radius 3 is 2.74 bits per heavy atom. The summed E-state index contributed by atoms with van der Waals surface area (Å²) in [5.74, 6) is 0. The molecule has 0 unspecified atom stereocenters. The highest BCUT2D eigenvalue weighted by Crippen LogP contribution is 2.08. The minimum atomic E-state index is -3.62. The van der Waals surface area contributed by atoms with Crippen molar-refractivity contribution in [1.29, 1.82) is 0 Å². The second-order valence-corrected chi connectivity index (χ2v) is 5.85. The van der Waals surface area contributed by atoms with Gasteiger partial charge in [-0.3, -0.25) is 4.98 Å². The molecular weight excluding hydrogens is 286 g/mol. The van der Waals surface area contributed by atoms with Gasteiger partial charge in [-0.1, -0.05) is 12.2 Å². The zero-order chi connectivity index (χ0) is 13.9. The lowest BCUT2D eigenvalue weighted by Crippen LogP contribution is -2.24. The summed E-state index contributed by atoms with van der Waals surface area (Å²) < 4.78 is 26.3. The van der Waals surface area contributed by atoms with E-state index in [0.29, 0.717) is 11.4 Å². The van der Waals surface area contributed by atoms with Gasteiger partial charge < -0.3 is 10.7 Å². The number of hydrogen-bond acceptors (Lipinski definition) is 5. The molecule has 0 atom stereocenters. The van der Waals surface area contributed by atoms with E-state index in [-0.39, 0.29) is 16.4 Å². The van der Waals surface area contributed by atoms with Crippen molar-refractivity contribution in [3.8, 4) is 0 Å². The predicted molar refractivity (Wildman–Crippen MR) is 72.7 cm³/mol. The minimum Gasteiger partial charge on any atom is -0.388 e. The molecule has 0 amide bonds. The standard InChI is InChI=1S/C10H11N5O2S2/c11-10(18)9-2-1-8(5-13-9)19(16,17)15-4-7-3-12-6-14-7/h1-3,5-6,15H,4H2,(H2,11,18)(H,12,14). The van der Waals surface area contributed by atoms with Crippen molar-refractivity contribution in [2.45, 2.75) is 11.4 Å². The monoisotopic (exact) mass is 297 g/mol. The van der Waals surface area contributed by atoms with Crippen molar-refractivity contribution in [3.05, 3.63) is 42.2 Å². The van der Waals surface area contributed by atoms with E-state index < -0.39 is 10.0 Å². The number of pyridine rings is 1. The summed E-state index contributed by atoms with van der Waals surface area (Å²) in [6.07, 6.45) is 4.22. The first kappa shape index (κ1) is 13.6. The number of sulfonamides is 1. The number of rotatable bonds is 5. The molecule has 0 radical (unpaired) electrons. The number of hydrogen-bond donors (Lipinski definition) is 3. The van der Waals surface area contributed by atoms with Gasteiger partial charge in [0.1, 0.15) is 9.88 Å². The molecule has 100 valence electrons. The SMILES string of the molecule is NC(=S)c1ccc(S(=O)(=O)NCc2cnc[nH]2)cn1. The van der Waals surface area contributed by atoms with Crippen LogP contribution in [-0.2, 0) is 16.6 Å². The van der Waals surface area contributed by atoms with E-state index in [9.17, 15) is 8.42 Å². The lowest BCUT2D eigenvalue weighted by atomic mass is 10.3. The Balaban J connectivity index is 2.13. The molecule has 0 aliphatic rings. The lowest BCUT2D eigenvalue weighted by molar-refractivity contribution is 0.580. The fourth-order valence-electron chi connectivity index (χ4n) is 1.32. The van der Waals surface area contributed by atoms with Gasteiger partial charge in [-0.05, 0) is 12.1 Å². The molecule has 0 saturated heterocycles. The molecule has 0 saturated carbocycles. The number of thiocarbonyl (C=S) groups is 1. The van der Waals surface area contributed by atoms with Gasteiger partial charge >= 0.3 is 0 Å². The van der Waals surface area contributed by atoms with Gasteiger partial charge in [0.15, 0.2) is 0 Å². The third kappa shape index (κ3) is 3.34. The van der Waals surface area contributed by atoms with Crippen LogP contribution in [-0.4, -0.2) is 28.4 Å². The molecular formula is C10H11N5O2S2. The van der Waals surface area contributed by atoms with Gasteiger partial charge in [0.05, 0.1) is 18.6 Å². The molecule has 2 aromatic heterocycles. The summed E-state index contributed by atoms with van der Waals surface area (Å²) >= 11 is 4.74. The number of nitrogens with two attached hydrogens (primary N) is 1. The maximum absolute atomic E-state index is 12.0. The molecule has 2 aromatic rings. The van der Waals surface area contributed by atoms with Gasteiger partial charge in [0.25, 0.3) is 0 Å². The normalized spacial score (nSPS) is 11.4. The lowest BCUT2D eigenvalue weighted by Gasteiger charge is -2.05. The summed E-state index contributed by atoms with van der Waals surface area (Å²) in [6.45, 7) is 0.124. The van der Waals surface area contributed by atoms with Crippen LogP contribution in [0.4, 0.5) is 0 Å². The van der Waals surface area contributed by atoms with E-state index in [1.807, 2.05) is 0 Å². The number of aromatic nitrogens is 3. The van der Waals surface area contributed by atoms with Crippen LogP contribution in [0.1, 0.15) is 11.4 Å². The fraction of sp³-hybridized carbons (Fsp3) is 0.100. The highest BCUT2D eigenvalue weighted by molar-refractivity contribution is 7.89. The zero-order valence-corrected chi connectivity index (χ0v) is 11.3. The van der Waals surface area contributed by atoms with E-state index in [4.69, 9.17) is 18.0 Å². The molecule has 19 heavy (non-hydrogen) atoms. The van der Waals surface area contributed by atoms with Crippen molar-refractivity contribution < 1.29 is 8.42 Å². The molecule has 7 nitrogen and oxygen atoms in total. The molecule has 0 aromatic carbocycles. The van der Waals surface area contributed by atoms with Crippen LogP contribution in [0.5, 0.6) is 0 Å². The number of aromatic amines is 1. The Kier molecular flexibility index (Phi) is 3.88. The van der Waals surface area contributed by atoms with Crippen molar-refractivity contribution in [1.82, 2.24) is 19.7 Å². The van der Waals surface area contributed by atoms with Crippen LogP contribution in [0.2, 0.25) is 0 Å². The van der Waals surface area contributed by atoms with E-state index in [2.05, 4.69) is 19.7 Å². The first-order chi connectivity index (χ1) is 8.99.